The maximum atomic E-state index is 13.0. The van der Waals surface area contributed by atoms with Crippen molar-refractivity contribution in [1.29, 1.82) is 0 Å². The van der Waals surface area contributed by atoms with Crippen molar-refractivity contribution in [3.05, 3.63) is 75.5 Å². The maximum absolute atomic E-state index is 13.0. The molecule has 0 aliphatic carbocycles. The molecular formula is C17H11BrClFO. The predicted octanol–water partition coefficient (Wildman–Crippen LogP) is 5.97. The second-order valence-corrected chi connectivity index (χ2v) is 6.00. The highest BCUT2D eigenvalue weighted by molar-refractivity contribution is 9.10. The van der Waals surface area contributed by atoms with Crippen molar-refractivity contribution in [1.82, 2.24) is 0 Å². The second kappa shape index (κ2) is 6.04. The third-order valence-electron chi connectivity index (χ3n) is 3.18. The number of halogens is 3. The fourth-order valence-corrected chi connectivity index (χ4v) is 2.68. The lowest BCUT2D eigenvalue weighted by Crippen LogP contribution is -1.96. The van der Waals surface area contributed by atoms with Crippen LogP contribution in [0.4, 0.5) is 4.39 Å². The molecule has 0 unspecified atom stereocenters. The first-order valence-corrected chi connectivity index (χ1v) is 7.55. The molecule has 0 amide bonds. The molecule has 21 heavy (non-hydrogen) atoms. The summed E-state index contributed by atoms with van der Waals surface area (Å²) < 4.78 is 19.8. The van der Waals surface area contributed by atoms with E-state index in [-0.39, 0.29) is 5.82 Å². The largest absolute Gasteiger partial charge is 0.489 e. The fraction of sp³-hybridized carbons (Fsp3) is 0.0588. The summed E-state index contributed by atoms with van der Waals surface area (Å²) in [5.41, 5.74) is 0.758. The zero-order valence-corrected chi connectivity index (χ0v) is 13.3. The van der Waals surface area contributed by atoms with E-state index in [2.05, 4.69) is 22.0 Å². The van der Waals surface area contributed by atoms with Gasteiger partial charge in [0.2, 0.25) is 0 Å². The molecule has 0 aromatic heterocycles. The van der Waals surface area contributed by atoms with Gasteiger partial charge in [0.25, 0.3) is 0 Å². The summed E-state index contributed by atoms with van der Waals surface area (Å²) in [6.07, 6.45) is 0. The van der Waals surface area contributed by atoms with Crippen LogP contribution in [0.1, 0.15) is 5.56 Å². The van der Waals surface area contributed by atoms with Gasteiger partial charge in [-0.2, -0.15) is 0 Å². The average molecular weight is 366 g/mol. The first-order chi connectivity index (χ1) is 10.1. The van der Waals surface area contributed by atoms with Crippen molar-refractivity contribution in [2.45, 2.75) is 6.61 Å². The van der Waals surface area contributed by atoms with E-state index in [9.17, 15) is 4.39 Å². The van der Waals surface area contributed by atoms with E-state index < -0.39 is 0 Å². The molecule has 3 rings (SSSR count). The number of rotatable bonds is 3. The van der Waals surface area contributed by atoms with E-state index in [0.29, 0.717) is 11.6 Å². The van der Waals surface area contributed by atoms with Crippen LogP contribution in [-0.4, -0.2) is 0 Å². The number of benzene rings is 3. The SMILES string of the molecule is Fc1ccc(COc2ccc3cc(Br)ccc3c2)c(Cl)c1. The molecule has 0 bridgehead atoms. The highest BCUT2D eigenvalue weighted by atomic mass is 79.9. The standard InChI is InChI=1S/C17H11BrClFO/c18-14-4-1-12-8-16(6-3-11(12)7-14)21-10-13-2-5-15(20)9-17(13)19/h1-9H,10H2. The lowest BCUT2D eigenvalue weighted by Gasteiger charge is -2.09. The molecule has 0 aliphatic heterocycles. The van der Waals surface area contributed by atoms with Crippen LogP contribution in [0.25, 0.3) is 10.8 Å². The monoisotopic (exact) mass is 364 g/mol. The number of hydrogen-bond acceptors (Lipinski definition) is 1. The van der Waals surface area contributed by atoms with Gasteiger partial charge in [0.05, 0.1) is 5.02 Å². The molecule has 0 heterocycles. The van der Waals surface area contributed by atoms with E-state index >= 15 is 0 Å². The first-order valence-electron chi connectivity index (χ1n) is 6.38. The number of fused-ring (bicyclic) bond motifs is 1. The van der Waals surface area contributed by atoms with Crippen molar-refractivity contribution in [3.8, 4) is 5.75 Å². The van der Waals surface area contributed by atoms with Gasteiger partial charge in [0.1, 0.15) is 18.2 Å². The zero-order chi connectivity index (χ0) is 14.8. The van der Waals surface area contributed by atoms with Crippen LogP contribution in [0.2, 0.25) is 5.02 Å². The van der Waals surface area contributed by atoms with Crippen LogP contribution in [0.3, 0.4) is 0 Å². The Morgan fingerprint density at radius 2 is 1.71 bits per heavy atom. The Hall–Kier alpha value is -1.58. The lowest BCUT2D eigenvalue weighted by atomic mass is 10.1. The molecule has 0 saturated carbocycles. The van der Waals surface area contributed by atoms with Crippen LogP contribution in [-0.2, 0) is 6.61 Å². The number of hydrogen-bond donors (Lipinski definition) is 0. The average Bonchev–Trinajstić information content (AvgIpc) is 2.46. The summed E-state index contributed by atoms with van der Waals surface area (Å²) in [6, 6.07) is 16.2. The van der Waals surface area contributed by atoms with Crippen LogP contribution in [0.15, 0.2) is 59.1 Å². The van der Waals surface area contributed by atoms with Gasteiger partial charge < -0.3 is 4.74 Å². The molecule has 4 heteroatoms. The minimum atomic E-state index is -0.347. The molecule has 0 spiro atoms. The minimum Gasteiger partial charge on any atom is -0.489 e. The van der Waals surface area contributed by atoms with Gasteiger partial charge >= 0.3 is 0 Å². The summed E-state index contributed by atoms with van der Waals surface area (Å²) in [5, 5.41) is 2.61. The smallest absolute Gasteiger partial charge is 0.124 e. The van der Waals surface area contributed by atoms with Crippen LogP contribution < -0.4 is 4.74 Å². The van der Waals surface area contributed by atoms with Gasteiger partial charge in [0, 0.05) is 10.0 Å². The third-order valence-corrected chi connectivity index (χ3v) is 4.03. The van der Waals surface area contributed by atoms with Gasteiger partial charge in [-0.3, -0.25) is 0 Å². The van der Waals surface area contributed by atoms with Crippen LogP contribution in [0.5, 0.6) is 5.75 Å². The van der Waals surface area contributed by atoms with Crippen molar-refractivity contribution in [2.75, 3.05) is 0 Å². The van der Waals surface area contributed by atoms with Crippen molar-refractivity contribution in [3.63, 3.8) is 0 Å². The maximum Gasteiger partial charge on any atom is 0.124 e. The Morgan fingerprint density at radius 1 is 0.952 bits per heavy atom. The molecule has 0 fully saturated rings. The summed E-state index contributed by atoms with van der Waals surface area (Å²) in [6.45, 7) is 0.307. The highest BCUT2D eigenvalue weighted by Crippen LogP contribution is 2.25. The Morgan fingerprint density at radius 3 is 2.52 bits per heavy atom. The van der Waals surface area contributed by atoms with Gasteiger partial charge in [-0.1, -0.05) is 45.7 Å². The topological polar surface area (TPSA) is 9.23 Å². The van der Waals surface area contributed by atoms with E-state index in [4.69, 9.17) is 16.3 Å². The summed E-state index contributed by atoms with van der Waals surface area (Å²) in [5.74, 6) is 0.408. The molecular weight excluding hydrogens is 355 g/mol. The molecule has 0 saturated heterocycles. The number of ether oxygens (including phenoxy) is 1. The Labute approximate surface area is 135 Å². The Kier molecular flexibility index (Phi) is 4.13. The lowest BCUT2D eigenvalue weighted by molar-refractivity contribution is 0.306. The van der Waals surface area contributed by atoms with Crippen LogP contribution >= 0.6 is 27.5 Å². The highest BCUT2D eigenvalue weighted by Gasteiger charge is 2.04. The molecule has 0 atom stereocenters. The van der Waals surface area contributed by atoms with E-state index in [1.165, 1.54) is 12.1 Å². The summed E-state index contributed by atoms with van der Waals surface area (Å²) in [7, 11) is 0. The minimum absolute atomic E-state index is 0.307. The second-order valence-electron chi connectivity index (χ2n) is 4.68. The molecule has 0 N–H and O–H groups in total. The summed E-state index contributed by atoms with van der Waals surface area (Å²) >= 11 is 9.43. The molecule has 3 aromatic rings. The van der Waals surface area contributed by atoms with E-state index in [0.717, 1.165) is 26.6 Å². The predicted molar refractivity (Wildman–Crippen MR) is 87.4 cm³/mol. The van der Waals surface area contributed by atoms with Crippen molar-refractivity contribution < 1.29 is 9.13 Å². The van der Waals surface area contributed by atoms with Gasteiger partial charge in [-0.15, -0.1) is 0 Å². The first kappa shape index (κ1) is 14.4. The van der Waals surface area contributed by atoms with E-state index in [1.807, 2.05) is 30.3 Å². The summed E-state index contributed by atoms with van der Waals surface area (Å²) in [4.78, 5) is 0. The quantitative estimate of drug-likeness (QED) is 0.555. The van der Waals surface area contributed by atoms with Crippen molar-refractivity contribution in [2.24, 2.45) is 0 Å². The fourth-order valence-electron chi connectivity index (χ4n) is 2.08. The molecule has 0 radical (unpaired) electrons. The third kappa shape index (κ3) is 3.36. The molecule has 3 aromatic carbocycles. The zero-order valence-electron chi connectivity index (χ0n) is 10.9. The molecule has 106 valence electrons. The Bertz CT molecular complexity index is 804. The van der Waals surface area contributed by atoms with Crippen molar-refractivity contribution >= 4 is 38.3 Å². The van der Waals surface area contributed by atoms with Gasteiger partial charge in [0.15, 0.2) is 0 Å². The van der Waals surface area contributed by atoms with E-state index in [1.54, 1.807) is 6.07 Å². The van der Waals surface area contributed by atoms with Crippen LogP contribution in [0, 0.1) is 5.82 Å². The molecule has 0 aliphatic rings. The normalized spacial score (nSPS) is 10.8. The van der Waals surface area contributed by atoms with Gasteiger partial charge in [-0.05, 0) is 47.2 Å². The van der Waals surface area contributed by atoms with Gasteiger partial charge in [-0.25, -0.2) is 4.39 Å². The Balaban J connectivity index is 1.80. The molecule has 1 nitrogen and oxygen atoms in total.